The maximum Gasteiger partial charge on any atom is 0.316 e. The van der Waals surface area contributed by atoms with Crippen LogP contribution in [0.25, 0.3) is 0 Å². The minimum atomic E-state index is -0.793. The van der Waals surface area contributed by atoms with Crippen molar-refractivity contribution in [3.05, 3.63) is 34.4 Å². The second-order valence-corrected chi connectivity index (χ2v) is 10.0. The second kappa shape index (κ2) is 19.8. The fourth-order valence-electron chi connectivity index (χ4n) is 4.14. The lowest BCUT2D eigenvalue weighted by molar-refractivity contribution is -0.120. The summed E-state index contributed by atoms with van der Waals surface area (Å²) in [5, 5.41) is 13.6. The standard InChI is InChI=1S/C24H36N6O3.C3H8O.C3H8/c1-8-11-17(9-2)30-19(10-3)23(32)29(7)20-14-25-24(27-21(20)30)26-16(6)12-13-18(15(4)5)22(31)28-33;1-2-3-4;1-3-2/h12-14,16-17,19H,8-11H2,1-7H3,(H,25,26,27);4H,2-3H2,1H3;3H2,1-2H3/b13-12-;;. The summed E-state index contributed by atoms with van der Waals surface area (Å²) in [6.45, 7) is 18.2. The number of aromatic nitrogens is 2. The van der Waals surface area contributed by atoms with Gasteiger partial charge in [0, 0.05) is 36.5 Å². The predicted molar refractivity (Wildman–Crippen MR) is 166 cm³/mol. The van der Waals surface area contributed by atoms with Gasteiger partial charge in [-0.15, -0.1) is 4.91 Å². The zero-order valence-electron chi connectivity index (χ0n) is 26.3. The quantitative estimate of drug-likeness (QED) is 0.181. The molecule has 2 rings (SSSR count). The van der Waals surface area contributed by atoms with Crippen LogP contribution in [0.5, 0.6) is 0 Å². The topological polar surface area (TPSA) is 128 Å². The number of nitrogens with one attached hydrogen (secondary N) is 1. The third-order valence-electron chi connectivity index (χ3n) is 6.16. The molecule has 10 heteroatoms. The van der Waals surface area contributed by atoms with Crippen LogP contribution < -0.4 is 15.1 Å². The molecule has 1 aliphatic rings. The number of hydrogen-bond acceptors (Lipinski definition) is 8. The van der Waals surface area contributed by atoms with Gasteiger partial charge in [-0.2, -0.15) is 4.98 Å². The highest BCUT2D eigenvalue weighted by Crippen LogP contribution is 2.37. The highest BCUT2D eigenvalue weighted by molar-refractivity contribution is 6.04. The average molecular weight is 561 g/mol. The number of nitrogens with zero attached hydrogens (tertiary/aromatic N) is 5. The van der Waals surface area contributed by atoms with Gasteiger partial charge in [-0.3, -0.25) is 9.59 Å². The largest absolute Gasteiger partial charge is 0.396 e. The van der Waals surface area contributed by atoms with Gasteiger partial charge in [-0.25, -0.2) is 4.98 Å². The van der Waals surface area contributed by atoms with Crippen molar-refractivity contribution in [1.29, 1.82) is 0 Å². The molecule has 40 heavy (non-hydrogen) atoms. The first kappa shape index (κ1) is 36.9. The molecule has 0 saturated heterocycles. The van der Waals surface area contributed by atoms with Crippen molar-refractivity contribution in [2.45, 2.75) is 119 Å². The Kier molecular flexibility index (Phi) is 18.3. The Balaban J connectivity index is 0.00000195. The van der Waals surface area contributed by atoms with Crippen LogP contribution in [-0.2, 0) is 9.59 Å². The Morgan fingerprint density at radius 2 is 1.77 bits per heavy atom. The van der Waals surface area contributed by atoms with E-state index in [-0.39, 0.29) is 29.6 Å². The van der Waals surface area contributed by atoms with E-state index in [1.165, 1.54) is 6.42 Å². The number of allylic oxidation sites excluding steroid dienone is 1. The molecule has 0 saturated carbocycles. The molecule has 2 N–H and O–H groups in total. The molecular weight excluding hydrogens is 508 g/mol. The Hall–Kier alpha value is -3.14. The number of likely N-dealkylation sites (N-methyl/N-ethyl adjacent to an activating group) is 1. The molecule has 0 aromatic carbocycles. The van der Waals surface area contributed by atoms with Gasteiger partial charge in [-0.1, -0.05) is 72.1 Å². The number of anilines is 3. The predicted octanol–water partition coefficient (Wildman–Crippen LogP) is 6.41. The lowest BCUT2D eigenvalue weighted by atomic mass is 10.00. The molecule has 0 aliphatic carbocycles. The van der Waals surface area contributed by atoms with E-state index in [0.717, 1.165) is 31.5 Å². The van der Waals surface area contributed by atoms with E-state index in [4.69, 9.17) is 10.1 Å². The molecule has 2 amide bonds. The number of carbonyl (C=O) groups excluding carboxylic acids is 2. The van der Waals surface area contributed by atoms with Crippen molar-refractivity contribution < 1.29 is 14.7 Å². The van der Waals surface area contributed by atoms with E-state index >= 15 is 0 Å². The molecule has 226 valence electrons. The lowest BCUT2D eigenvalue weighted by Gasteiger charge is -2.44. The van der Waals surface area contributed by atoms with Crippen LogP contribution in [0.1, 0.15) is 101 Å². The average Bonchev–Trinajstić information content (AvgIpc) is 2.94. The molecule has 0 fully saturated rings. The molecule has 0 spiro atoms. The number of aliphatic hydroxyl groups excluding tert-OH is 1. The molecule has 10 nitrogen and oxygen atoms in total. The number of rotatable bonds is 11. The zero-order valence-corrected chi connectivity index (χ0v) is 26.3. The number of nitroso groups, excluding NO2 is 1. The van der Waals surface area contributed by atoms with Crippen LogP contribution in [0, 0.1) is 4.91 Å². The van der Waals surface area contributed by atoms with Crippen LogP contribution in [0.2, 0.25) is 0 Å². The summed E-state index contributed by atoms with van der Waals surface area (Å²) < 4.78 is 0. The van der Waals surface area contributed by atoms with Crippen LogP contribution in [-0.4, -0.2) is 58.7 Å². The fraction of sp³-hybridized carbons (Fsp3) is 0.667. The summed E-state index contributed by atoms with van der Waals surface area (Å²) >= 11 is 0. The Morgan fingerprint density at radius 3 is 2.23 bits per heavy atom. The van der Waals surface area contributed by atoms with Gasteiger partial charge < -0.3 is 20.2 Å². The summed E-state index contributed by atoms with van der Waals surface area (Å²) in [5.74, 6) is 0.448. The number of fused-ring (bicyclic) bond motifs is 1. The number of aliphatic hydroxyl groups is 1. The van der Waals surface area contributed by atoms with Gasteiger partial charge in [0.05, 0.1) is 6.20 Å². The monoisotopic (exact) mass is 560 g/mol. The number of carbonyl (C=O) groups is 2. The second-order valence-electron chi connectivity index (χ2n) is 10.0. The molecule has 0 radical (unpaired) electrons. The van der Waals surface area contributed by atoms with E-state index in [1.807, 2.05) is 20.8 Å². The summed E-state index contributed by atoms with van der Waals surface area (Å²) in [6.07, 6.45) is 10.8. The van der Waals surface area contributed by atoms with E-state index in [0.29, 0.717) is 30.2 Å². The van der Waals surface area contributed by atoms with Crippen molar-refractivity contribution >= 4 is 29.3 Å². The third kappa shape index (κ3) is 10.8. The van der Waals surface area contributed by atoms with Crippen molar-refractivity contribution in [2.75, 3.05) is 28.8 Å². The summed E-state index contributed by atoms with van der Waals surface area (Å²) in [4.78, 5) is 48.4. The van der Waals surface area contributed by atoms with Crippen LogP contribution in [0.15, 0.2) is 34.7 Å². The molecule has 1 aliphatic heterocycles. The summed E-state index contributed by atoms with van der Waals surface area (Å²) in [5.41, 5.74) is 1.68. The Bertz CT molecular complexity index is 988. The van der Waals surface area contributed by atoms with Gasteiger partial charge in [0.2, 0.25) is 11.9 Å². The maximum absolute atomic E-state index is 13.0. The lowest BCUT2D eigenvalue weighted by Crippen LogP contribution is -2.56. The van der Waals surface area contributed by atoms with Crippen LogP contribution in [0.4, 0.5) is 17.5 Å². The third-order valence-corrected chi connectivity index (χ3v) is 6.16. The van der Waals surface area contributed by atoms with Crippen LogP contribution >= 0.6 is 0 Å². The molecular formula is C30H52N6O4. The normalized spacial score (nSPS) is 15.7. The molecule has 2 heterocycles. The fourth-order valence-corrected chi connectivity index (χ4v) is 4.14. The molecule has 1 aromatic heterocycles. The summed E-state index contributed by atoms with van der Waals surface area (Å²) in [7, 11) is 1.77. The zero-order chi connectivity index (χ0) is 30.8. The van der Waals surface area contributed by atoms with Gasteiger partial charge in [0.15, 0.2) is 5.82 Å². The van der Waals surface area contributed by atoms with Crippen molar-refractivity contribution in [2.24, 2.45) is 5.18 Å². The number of amides is 2. The summed E-state index contributed by atoms with van der Waals surface area (Å²) in [6, 6.07) is -0.271. The van der Waals surface area contributed by atoms with Gasteiger partial charge in [-0.05, 0) is 46.5 Å². The Morgan fingerprint density at radius 1 is 1.18 bits per heavy atom. The highest BCUT2D eigenvalue weighted by atomic mass is 16.3. The van der Waals surface area contributed by atoms with E-state index < -0.39 is 5.91 Å². The molecule has 1 aromatic rings. The Labute approximate surface area is 241 Å². The first-order chi connectivity index (χ1) is 19.0. The van der Waals surface area contributed by atoms with Gasteiger partial charge >= 0.3 is 5.91 Å². The van der Waals surface area contributed by atoms with Crippen LogP contribution in [0.3, 0.4) is 0 Å². The first-order valence-corrected chi connectivity index (χ1v) is 14.6. The maximum atomic E-state index is 13.0. The highest BCUT2D eigenvalue weighted by Gasteiger charge is 2.39. The molecule has 3 unspecified atom stereocenters. The minimum absolute atomic E-state index is 0.0582. The van der Waals surface area contributed by atoms with Crippen molar-refractivity contribution in [3.63, 3.8) is 0 Å². The molecule has 0 bridgehead atoms. The van der Waals surface area contributed by atoms with Crippen molar-refractivity contribution in [3.8, 4) is 0 Å². The van der Waals surface area contributed by atoms with Gasteiger partial charge in [0.25, 0.3) is 0 Å². The van der Waals surface area contributed by atoms with Crippen molar-refractivity contribution in [1.82, 2.24) is 9.97 Å². The smallest absolute Gasteiger partial charge is 0.316 e. The SMILES string of the molecule is CCC.CCCC(CC)N1c2nc(NC(C)/C=C\C(C(=O)N=O)=C(C)C)ncc2N(C)C(=O)C1CC.CCCO. The van der Waals surface area contributed by atoms with E-state index in [9.17, 15) is 14.5 Å². The van der Waals surface area contributed by atoms with E-state index in [2.05, 4.69) is 48.1 Å². The molecule has 3 atom stereocenters. The van der Waals surface area contributed by atoms with Gasteiger partial charge in [0.1, 0.15) is 11.7 Å². The first-order valence-electron chi connectivity index (χ1n) is 14.6. The number of hydrogen-bond donors (Lipinski definition) is 2. The minimum Gasteiger partial charge on any atom is -0.396 e. The van der Waals surface area contributed by atoms with E-state index in [1.54, 1.807) is 44.1 Å².